The van der Waals surface area contributed by atoms with Gasteiger partial charge in [0.05, 0.1) is 12.0 Å². The van der Waals surface area contributed by atoms with Crippen LogP contribution < -0.4 is 5.32 Å². The average molecular weight is 350 g/mol. The maximum absolute atomic E-state index is 12.5. The second-order valence-corrected chi connectivity index (χ2v) is 7.50. The topological polar surface area (TPSA) is 52.7 Å². The summed E-state index contributed by atoms with van der Waals surface area (Å²) in [5.41, 5.74) is 1.26. The molecule has 0 spiro atoms. The molecule has 2 atom stereocenters. The zero-order chi connectivity index (χ0) is 17.1. The van der Waals surface area contributed by atoms with Crippen LogP contribution in [0.4, 0.5) is 0 Å². The predicted molar refractivity (Wildman–Crippen MR) is 95.8 cm³/mol. The number of rotatable bonds is 8. The summed E-state index contributed by atoms with van der Waals surface area (Å²) in [6, 6.07) is 2.74. The van der Waals surface area contributed by atoms with Gasteiger partial charge >= 0.3 is 0 Å². The van der Waals surface area contributed by atoms with Gasteiger partial charge in [0, 0.05) is 25.6 Å². The van der Waals surface area contributed by atoms with Gasteiger partial charge in [-0.3, -0.25) is 14.5 Å². The molecular weight excluding hydrogens is 322 g/mol. The molecule has 0 aromatic carbocycles. The van der Waals surface area contributed by atoms with Crippen molar-refractivity contribution in [3.05, 3.63) is 22.4 Å². The lowest BCUT2D eigenvalue weighted by molar-refractivity contribution is -0.129. The number of nitrogens with one attached hydrogen (secondary N) is 1. The number of nitrogens with zero attached hydrogens (tertiary/aromatic N) is 2. The Bertz CT molecular complexity index is 567. The molecule has 1 aromatic heterocycles. The number of likely N-dealkylation sites (tertiary alicyclic amines) is 1. The van der Waals surface area contributed by atoms with Gasteiger partial charge in [0.25, 0.3) is 0 Å². The second kappa shape index (κ2) is 7.66. The van der Waals surface area contributed by atoms with Crippen molar-refractivity contribution in [3.8, 4) is 0 Å². The number of hydrogen-bond donors (Lipinski definition) is 1. The van der Waals surface area contributed by atoms with Crippen LogP contribution in [0.1, 0.15) is 44.7 Å². The van der Waals surface area contributed by atoms with E-state index >= 15 is 0 Å². The SMILES string of the molecule is CCN(CC)[C@H](CNC(=O)[C@@H]1CC(=O)N(C2CC2)C1)c1ccsc1. The van der Waals surface area contributed by atoms with E-state index in [0.717, 1.165) is 25.9 Å². The van der Waals surface area contributed by atoms with Gasteiger partial charge in [-0.2, -0.15) is 11.3 Å². The van der Waals surface area contributed by atoms with Gasteiger partial charge in [-0.1, -0.05) is 13.8 Å². The molecule has 5 nitrogen and oxygen atoms in total. The van der Waals surface area contributed by atoms with Gasteiger partial charge in [0.2, 0.25) is 11.8 Å². The summed E-state index contributed by atoms with van der Waals surface area (Å²) in [6.45, 7) is 7.39. The second-order valence-electron chi connectivity index (χ2n) is 6.72. The van der Waals surface area contributed by atoms with Crippen LogP contribution in [0.15, 0.2) is 16.8 Å². The van der Waals surface area contributed by atoms with E-state index < -0.39 is 0 Å². The third kappa shape index (κ3) is 3.81. The Kier molecular flexibility index (Phi) is 5.56. The van der Waals surface area contributed by atoms with E-state index in [0.29, 0.717) is 25.6 Å². The van der Waals surface area contributed by atoms with Crippen LogP contribution in [0.5, 0.6) is 0 Å². The fourth-order valence-corrected chi connectivity index (χ4v) is 4.28. The Balaban J connectivity index is 1.58. The van der Waals surface area contributed by atoms with E-state index in [2.05, 4.69) is 40.9 Å². The molecule has 6 heteroatoms. The molecule has 0 radical (unpaired) electrons. The first kappa shape index (κ1) is 17.4. The van der Waals surface area contributed by atoms with Crippen molar-refractivity contribution in [1.82, 2.24) is 15.1 Å². The van der Waals surface area contributed by atoms with Crippen molar-refractivity contribution in [1.29, 1.82) is 0 Å². The molecule has 1 saturated carbocycles. The smallest absolute Gasteiger partial charge is 0.225 e. The molecule has 2 heterocycles. The molecule has 1 aliphatic heterocycles. The molecule has 3 rings (SSSR count). The van der Waals surface area contributed by atoms with Gasteiger partial charge in [0.15, 0.2) is 0 Å². The summed E-state index contributed by atoms with van der Waals surface area (Å²) in [5.74, 6) is -0.00686. The largest absolute Gasteiger partial charge is 0.354 e. The minimum atomic E-state index is -0.182. The molecule has 1 N–H and O–H groups in total. The number of carbonyl (C=O) groups is 2. The highest BCUT2D eigenvalue weighted by atomic mass is 32.1. The molecule has 2 amide bonds. The fourth-order valence-electron chi connectivity index (χ4n) is 3.57. The summed E-state index contributed by atoms with van der Waals surface area (Å²) in [6.07, 6.45) is 2.57. The molecule has 24 heavy (non-hydrogen) atoms. The molecule has 1 saturated heterocycles. The monoisotopic (exact) mass is 349 g/mol. The van der Waals surface area contributed by atoms with E-state index in [1.54, 1.807) is 11.3 Å². The Labute approximate surface area is 148 Å². The standard InChI is InChI=1S/C18H27N3O2S/c1-3-20(4-2)16(13-7-8-24-12-13)10-19-18(23)14-9-17(22)21(11-14)15-5-6-15/h7-8,12,14-16H,3-6,9-11H2,1-2H3,(H,19,23)/t14-,16-/m1/s1. The molecule has 0 bridgehead atoms. The summed E-state index contributed by atoms with van der Waals surface area (Å²) < 4.78 is 0. The molecule has 1 aromatic rings. The van der Waals surface area contributed by atoms with Gasteiger partial charge in [-0.25, -0.2) is 0 Å². The lowest BCUT2D eigenvalue weighted by Crippen LogP contribution is -2.40. The molecule has 2 fully saturated rings. The Morgan fingerprint density at radius 1 is 1.42 bits per heavy atom. The van der Waals surface area contributed by atoms with Crippen molar-refractivity contribution in [2.24, 2.45) is 5.92 Å². The minimum Gasteiger partial charge on any atom is -0.354 e. The predicted octanol–water partition coefficient (Wildman–Crippen LogP) is 2.26. The van der Waals surface area contributed by atoms with Crippen LogP contribution >= 0.6 is 11.3 Å². The van der Waals surface area contributed by atoms with Crippen LogP contribution in [-0.4, -0.2) is 53.8 Å². The van der Waals surface area contributed by atoms with Crippen molar-refractivity contribution >= 4 is 23.2 Å². The van der Waals surface area contributed by atoms with Crippen molar-refractivity contribution in [3.63, 3.8) is 0 Å². The van der Waals surface area contributed by atoms with Gasteiger partial charge < -0.3 is 10.2 Å². The number of thiophene rings is 1. The third-order valence-corrected chi connectivity index (χ3v) is 5.87. The summed E-state index contributed by atoms with van der Waals surface area (Å²) in [7, 11) is 0. The van der Waals surface area contributed by atoms with Crippen molar-refractivity contribution in [2.45, 2.75) is 45.2 Å². The van der Waals surface area contributed by atoms with Gasteiger partial charge in [0.1, 0.15) is 0 Å². The highest BCUT2D eigenvalue weighted by Crippen LogP contribution is 2.32. The van der Waals surface area contributed by atoms with E-state index in [9.17, 15) is 9.59 Å². The van der Waals surface area contributed by atoms with Crippen molar-refractivity contribution < 1.29 is 9.59 Å². The zero-order valence-corrected chi connectivity index (χ0v) is 15.3. The molecule has 0 unspecified atom stereocenters. The highest BCUT2D eigenvalue weighted by Gasteiger charge is 2.41. The molecule has 2 aliphatic rings. The quantitative estimate of drug-likeness (QED) is 0.783. The van der Waals surface area contributed by atoms with Crippen LogP contribution in [-0.2, 0) is 9.59 Å². The van der Waals surface area contributed by atoms with E-state index in [1.807, 2.05) is 4.90 Å². The first-order chi connectivity index (χ1) is 11.6. The maximum atomic E-state index is 12.5. The van der Waals surface area contributed by atoms with Crippen LogP contribution in [0.25, 0.3) is 0 Å². The molecular formula is C18H27N3O2S. The van der Waals surface area contributed by atoms with Crippen LogP contribution in [0.2, 0.25) is 0 Å². The maximum Gasteiger partial charge on any atom is 0.225 e. The summed E-state index contributed by atoms with van der Waals surface area (Å²) in [5, 5.41) is 7.34. The summed E-state index contributed by atoms with van der Waals surface area (Å²) in [4.78, 5) is 28.8. The minimum absolute atomic E-state index is 0.0267. The average Bonchev–Trinajstić information content (AvgIpc) is 3.13. The van der Waals surface area contributed by atoms with Crippen LogP contribution in [0.3, 0.4) is 0 Å². The Morgan fingerprint density at radius 3 is 2.75 bits per heavy atom. The van der Waals surface area contributed by atoms with E-state index in [-0.39, 0.29) is 23.8 Å². The highest BCUT2D eigenvalue weighted by molar-refractivity contribution is 7.07. The zero-order valence-electron chi connectivity index (χ0n) is 14.5. The van der Waals surface area contributed by atoms with Gasteiger partial charge in [-0.15, -0.1) is 0 Å². The lowest BCUT2D eigenvalue weighted by atomic mass is 10.1. The normalized spacial score (nSPS) is 22.2. The Hall–Kier alpha value is -1.40. The fraction of sp³-hybridized carbons (Fsp3) is 0.667. The first-order valence-corrected chi connectivity index (χ1v) is 9.91. The number of amides is 2. The molecule has 132 valence electrons. The summed E-state index contributed by atoms with van der Waals surface area (Å²) >= 11 is 1.69. The molecule has 1 aliphatic carbocycles. The number of carbonyl (C=O) groups excluding carboxylic acids is 2. The van der Waals surface area contributed by atoms with Crippen molar-refractivity contribution in [2.75, 3.05) is 26.2 Å². The van der Waals surface area contributed by atoms with E-state index in [1.165, 1.54) is 5.56 Å². The first-order valence-electron chi connectivity index (χ1n) is 8.97. The van der Waals surface area contributed by atoms with Gasteiger partial charge in [-0.05, 0) is 48.3 Å². The number of likely N-dealkylation sites (N-methyl/N-ethyl adjacent to an activating group) is 1. The third-order valence-electron chi connectivity index (χ3n) is 5.17. The number of hydrogen-bond acceptors (Lipinski definition) is 4. The van der Waals surface area contributed by atoms with Crippen LogP contribution in [0, 0.1) is 5.92 Å². The van der Waals surface area contributed by atoms with E-state index in [4.69, 9.17) is 0 Å². The lowest BCUT2D eigenvalue weighted by Gasteiger charge is -2.29. The Morgan fingerprint density at radius 2 is 2.17 bits per heavy atom.